The quantitative estimate of drug-likeness (QED) is 0.567. The number of amides is 2. The number of aromatic nitrogens is 2. The Hall–Kier alpha value is -3.13. The summed E-state index contributed by atoms with van der Waals surface area (Å²) in [5.41, 5.74) is 1.86. The predicted octanol–water partition coefficient (Wildman–Crippen LogP) is 3.72. The van der Waals surface area contributed by atoms with Gasteiger partial charge in [-0.2, -0.15) is 0 Å². The van der Waals surface area contributed by atoms with Crippen LogP contribution in [0.25, 0.3) is 11.3 Å². The maximum Gasteiger partial charge on any atom is 0.289 e. The Bertz CT molecular complexity index is 1050. The minimum absolute atomic E-state index is 0.00220. The van der Waals surface area contributed by atoms with E-state index in [0.29, 0.717) is 36.9 Å². The van der Waals surface area contributed by atoms with Gasteiger partial charge in [-0.3, -0.25) is 9.59 Å². The molecule has 2 aromatic heterocycles. The lowest BCUT2D eigenvalue weighted by Gasteiger charge is -2.39. The predicted molar refractivity (Wildman–Crippen MR) is 118 cm³/mol. The zero-order valence-electron chi connectivity index (χ0n) is 17.5. The van der Waals surface area contributed by atoms with E-state index >= 15 is 0 Å². The number of hydrogen-bond acceptors (Lipinski definition) is 6. The Labute approximate surface area is 185 Å². The number of piperazine rings is 1. The van der Waals surface area contributed by atoms with Gasteiger partial charge in [-0.25, -0.2) is 0 Å². The second kappa shape index (κ2) is 9.34. The van der Waals surface area contributed by atoms with Gasteiger partial charge in [-0.1, -0.05) is 42.1 Å². The molecule has 0 radical (unpaired) electrons. The molecule has 7 nitrogen and oxygen atoms in total. The summed E-state index contributed by atoms with van der Waals surface area (Å²) in [6, 6.07) is 17.3. The molecule has 1 aliphatic rings. The molecule has 0 N–H and O–H groups in total. The lowest BCUT2D eigenvalue weighted by atomic mass is 10.1. The minimum Gasteiger partial charge on any atom is -0.455 e. The van der Waals surface area contributed by atoms with Crippen LogP contribution < -0.4 is 0 Å². The highest BCUT2D eigenvalue weighted by Crippen LogP contribution is 2.24. The van der Waals surface area contributed by atoms with Crippen LogP contribution in [0.2, 0.25) is 0 Å². The van der Waals surface area contributed by atoms with Crippen molar-refractivity contribution in [2.24, 2.45) is 0 Å². The second-order valence-electron chi connectivity index (χ2n) is 7.49. The number of rotatable bonds is 5. The van der Waals surface area contributed by atoms with E-state index in [1.807, 2.05) is 55.5 Å². The molecule has 8 heteroatoms. The van der Waals surface area contributed by atoms with Crippen LogP contribution in [0.15, 0.2) is 64.0 Å². The Morgan fingerprint density at radius 1 is 1.06 bits per heavy atom. The van der Waals surface area contributed by atoms with Gasteiger partial charge in [0.2, 0.25) is 5.91 Å². The molecule has 1 unspecified atom stereocenters. The highest BCUT2D eigenvalue weighted by atomic mass is 32.2. The standard InChI is InChI=1S/C23H24N4O3S/c1-16-14-26(12-13-27(16)17(2)28)23(29)21-10-8-19(30-21)15-31-22-11-9-20(24-25-22)18-6-4-3-5-7-18/h3-11,16H,12-15H2,1-2H3. The fourth-order valence-corrected chi connectivity index (χ4v) is 4.35. The first-order valence-electron chi connectivity index (χ1n) is 10.2. The second-order valence-corrected chi connectivity index (χ2v) is 8.49. The fraction of sp³-hybridized carbons (Fsp3) is 0.304. The van der Waals surface area contributed by atoms with Crippen molar-refractivity contribution < 1.29 is 14.0 Å². The van der Waals surface area contributed by atoms with E-state index < -0.39 is 0 Å². The van der Waals surface area contributed by atoms with Crippen LogP contribution in [-0.4, -0.2) is 57.5 Å². The molecule has 0 spiro atoms. The summed E-state index contributed by atoms with van der Waals surface area (Å²) >= 11 is 1.51. The van der Waals surface area contributed by atoms with Crippen molar-refractivity contribution in [2.45, 2.75) is 30.7 Å². The first-order chi connectivity index (χ1) is 15.0. The van der Waals surface area contributed by atoms with Crippen LogP contribution in [0.5, 0.6) is 0 Å². The molecule has 2 amide bonds. The van der Waals surface area contributed by atoms with Crippen LogP contribution in [0.4, 0.5) is 0 Å². The molecule has 0 aliphatic carbocycles. The smallest absolute Gasteiger partial charge is 0.289 e. The van der Waals surface area contributed by atoms with Crippen molar-refractivity contribution in [1.82, 2.24) is 20.0 Å². The summed E-state index contributed by atoms with van der Waals surface area (Å²) in [6.45, 7) is 5.08. The van der Waals surface area contributed by atoms with E-state index in [4.69, 9.17) is 4.42 Å². The average molecular weight is 437 g/mol. The zero-order chi connectivity index (χ0) is 21.8. The zero-order valence-corrected chi connectivity index (χ0v) is 18.3. The third-order valence-corrected chi connectivity index (χ3v) is 6.21. The van der Waals surface area contributed by atoms with Crippen molar-refractivity contribution >= 4 is 23.6 Å². The van der Waals surface area contributed by atoms with E-state index in [1.165, 1.54) is 11.8 Å². The Morgan fingerprint density at radius 2 is 1.87 bits per heavy atom. The van der Waals surface area contributed by atoms with Gasteiger partial charge in [0.1, 0.15) is 10.8 Å². The molecule has 0 bridgehead atoms. The number of benzene rings is 1. The number of furan rings is 1. The summed E-state index contributed by atoms with van der Waals surface area (Å²) in [5.74, 6) is 1.48. The number of thioether (sulfide) groups is 1. The van der Waals surface area contributed by atoms with Gasteiger partial charge in [0, 0.05) is 38.2 Å². The van der Waals surface area contributed by atoms with Crippen LogP contribution in [0.1, 0.15) is 30.2 Å². The van der Waals surface area contributed by atoms with Gasteiger partial charge >= 0.3 is 0 Å². The Morgan fingerprint density at radius 3 is 2.55 bits per heavy atom. The minimum atomic E-state index is -0.140. The maximum absolute atomic E-state index is 12.8. The highest BCUT2D eigenvalue weighted by molar-refractivity contribution is 7.98. The third-order valence-electron chi connectivity index (χ3n) is 5.26. The number of carbonyl (C=O) groups excluding carboxylic acids is 2. The normalized spacial score (nSPS) is 16.4. The fourth-order valence-electron chi connectivity index (χ4n) is 3.64. The number of carbonyl (C=O) groups is 2. The molecule has 4 rings (SSSR count). The van der Waals surface area contributed by atoms with Gasteiger partial charge in [0.05, 0.1) is 11.4 Å². The number of hydrogen-bond donors (Lipinski definition) is 0. The molecule has 1 fully saturated rings. The first-order valence-corrected chi connectivity index (χ1v) is 11.2. The van der Waals surface area contributed by atoms with Crippen molar-refractivity contribution in [3.8, 4) is 11.3 Å². The highest BCUT2D eigenvalue weighted by Gasteiger charge is 2.29. The summed E-state index contributed by atoms with van der Waals surface area (Å²) in [4.78, 5) is 27.9. The third kappa shape index (κ3) is 4.96. The average Bonchev–Trinajstić information content (AvgIpc) is 3.27. The van der Waals surface area contributed by atoms with Gasteiger partial charge in [-0.15, -0.1) is 10.2 Å². The van der Waals surface area contributed by atoms with Crippen LogP contribution in [0, 0.1) is 0 Å². The number of nitrogens with zero attached hydrogens (tertiary/aromatic N) is 4. The Balaban J connectivity index is 1.33. The Kier molecular flexibility index (Phi) is 6.36. The van der Waals surface area contributed by atoms with E-state index in [0.717, 1.165) is 16.3 Å². The van der Waals surface area contributed by atoms with E-state index in [1.54, 1.807) is 22.8 Å². The van der Waals surface area contributed by atoms with Crippen LogP contribution in [-0.2, 0) is 10.5 Å². The van der Waals surface area contributed by atoms with Gasteiger partial charge in [0.15, 0.2) is 5.76 Å². The molecule has 3 heterocycles. The molecule has 1 atom stereocenters. The molecule has 0 saturated carbocycles. The molecule has 160 valence electrons. The summed E-state index contributed by atoms with van der Waals surface area (Å²) in [5, 5.41) is 9.36. The SMILES string of the molecule is CC(=O)N1CCN(C(=O)c2ccc(CSc3ccc(-c4ccccc4)nn3)o2)CC1C. The summed E-state index contributed by atoms with van der Waals surface area (Å²) in [6.07, 6.45) is 0. The maximum atomic E-state index is 12.8. The summed E-state index contributed by atoms with van der Waals surface area (Å²) in [7, 11) is 0. The molecular weight excluding hydrogens is 412 g/mol. The first kappa shape index (κ1) is 21.1. The van der Waals surface area contributed by atoms with Gasteiger partial charge in [-0.05, 0) is 31.2 Å². The van der Waals surface area contributed by atoms with Crippen molar-refractivity contribution in [2.75, 3.05) is 19.6 Å². The van der Waals surface area contributed by atoms with Crippen LogP contribution in [0.3, 0.4) is 0 Å². The van der Waals surface area contributed by atoms with E-state index in [9.17, 15) is 9.59 Å². The molecule has 1 aromatic carbocycles. The molecule has 31 heavy (non-hydrogen) atoms. The summed E-state index contributed by atoms with van der Waals surface area (Å²) < 4.78 is 5.78. The molecule has 1 saturated heterocycles. The van der Waals surface area contributed by atoms with Gasteiger partial charge in [0.25, 0.3) is 5.91 Å². The lowest BCUT2D eigenvalue weighted by molar-refractivity contribution is -0.132. The molecule has 3 aromatic rings. The monoisotopic (exact) mass is 436 g/mol. The topological polar surface area (TPSA) is 79.5 Å². The van der Waals surface area contributed by atoms with E-state index in [2.05, 4.69) is 10.2 Å². The van der Waals surface area contributed by atoms with Crippen molar-refractivity contribution in [3.63, 3.8) is 0 Å². The van der Waals surface area contributed by atoms with Crippen molar-refractivity contribution in [1.29, 1.82) is 0 Å². The van der Waals surface area contributed by atoms with Crippen LogP contribution >= 0.6 is 11.8 Å². The molecule has 1 aliphatic heterocycles. The largest absolute Gasteiger partial charge is 0.455 e. The van der Waals surface area contributed by atoms with Crippen molar-refractivity contribution in [3.05, 3.63) is 66.1 Å². The van der Waals surface area contributed by atoms with Gasteiger partial charge < -0.3 is 14.2 Å². The lowest BCUT2D eigenvalue weighted by Crippen LogP contribution is -2.54. The van der Waals surface area contributed by atoms with E-state index in [-0.39, 0.29) is 17.9 Å². The molecular formula is C23H24N4O3S.